The second kappa shape index (κ2) is 5.66. The van der Waals surface area contributed by atoms with Crippen molar-refractivity contribution in [2.24, 2.45) is 5.92 Å². The summed E-state index contributed by atoms with van der Waals surface area (Å²) in [6.07, 6.45) is 2.86. The van der Waals surface area contributed by atoms with Crippen LogP contribution >= 0.6 is 11.6 Å². The van der Waals surface area contributed by atoms with Gasteiger partial charge in [-0.1, -0.05) is 29.8 Å². The highest BCUT2D eigenvalue weighted by molar-refractivity contribution is 6.31. The van der Waals surface area contributed by atoms with Crippen molar-refractivity contribution in [1.29, 1.82) is 0 Å². The molecule has 2 aliphatic heterocycles. The third-order valence-electron chi connectivity index (χ3n) is 4.39. The average molecular weight is 309 g/mol. The molecule has 1 aromatic carbocycles. The van der Waals surface area contributed by atoms with Crippen molar-refractivity contribution in [2.75, 3.05) is 0 Å². The summed E-state index contributed by atoms with van der Waals surface area (Å²) in [5.41, 5.74) is 0.413. The van der Waals surface area contributed by atoms with Crippen LogP contribution in [0.5, 0.6) is 0 Å². The zero-order valence-electron chi connectivity index (χ0n) is 11.4. The highest BCUT2D eigenvalue weighted by Gasteiger charge is 2.43. The number of benzene rings is 1. The molecule has 3 rings (SSSR count). The van der Waals surface area contributed by atoms with E-state index in [1.165, 1.54) is 0 Å². The fraction of sp³-hybridized carbons (Fsp3) is 0.467. The van der Waals surface area contributed by atoms with E-state index in [0.29, 0.717) is 16.6 Å². The lowest BCUT2D eigenvalue weighted by molar-refractivity contribution is -0.142. The Hall–Kier alpha value is -1.59. The highest BCUT2D eigenvalue weighted by atomic mass is 35.5. The largest absolute Gasteiger partial charge is 0.479 e. The molecule has 6 heteroatoms. The van der Waals surface area contributed by atoms with Crippen molar-refractivity contribution in [2.45, 2.75) is 37.4 Å². The number of carboxylic acid groups (broad SMARTS) is 1. The molecule has 2 saturated heterocycles. The summed E-state index contributed by atoms with van der Waals surface area (Å²) < 4.78 is 0. The molecule has 0 spiro atoms. The summed E-state index contributed by atoms with van der Waals surface area (Å²) in [7, 11) is 0. The van der Waals surface area contributed by atoms with Crippen molar-refractivity contribution in [3.63, 3.8) is 0 Å². The van der Waals surface area contributed by atoms with Crippen LogP contribution in [-0.4, -0.2) is 29.1 Å². The molecule has 3 unspecified atom stereocenters. The van der Waals surface area contributed by atoms with E-state index in [2.05, 4.69) is 10.6 Å². The number of halogens is 1. The molecular weight excluding hydrogens is 292 g/mol. The Bertz CT molecular complexity index is 578. The third-order valence-corrected chi connectivity index (χ3v) is 4.73. The summed E-state index contributed by atoms with van der Waals surface area (Å²) in [6.45, 7) is 0. The zero-order valence-corrected chi connectivity index (χ0v) is 12.1. The number of carboxylic acids is 1. The minimum absolute atomic E-state index is 0.145. The number of fused-ring (bicyclic) bond motifs is 2. The Balaban J connectivity index is 1.75. The Morgan fingerprint density at radius 2 is 2.10 bits per heavy atom. The Morgan fingerprint density at radius 3 is 2.67 bits per heavy atom. The molecule has 3 N–H and O–H groups in total. The SMILES string of the molecule is O=C(N[C@@H](C(=O)O)c1ccccc1Cl)C1CC2CCC1N2. The van der Waals surface area contributed by atoms with Gasteiger partial charge < -0.3 is 15.7 Å². The smallest absolute Gasteiger partial charge is 0.330 e. The molecule has 0 saturated carbocycles. The number of hydrogen-bond acceptors (Lipinski definition) is 3. The maximum atomic E-state index is 12.4. The topological polar surface area (TPSA) is 78.4 Å². The predicted molar refractivity (Wildman–Crippen MR) is 78.0 cm³/mol. The van der Waals surface area contributed by atoms with Gasteiger partial charge in [0.15, 0.2) is 6.04 Å². The average Bonchev–Trinajstić information content (AvgIpc) is 3.08. The van der Waals surface area contributed by atoms with Gasteiger partial charge in [-0.05, 0) is 25.3 Å². The van der Waals surface area contributed by atoms with Gasteiger partial charge in [0.25, 0.3) is 0 Å². The van der Waals surface area contributed by atoms with Gasteiger partial charge in [0, 0.05) is 22.7 Å². The molecular formula is C15H17ClN2O3. The van der Waals surface area contributed by atoms with Crippen LogP contribution in [0.2, 0.25) is 5.02 Å². The number of hydrogen-bond donors (Lipinski definition) is 3. The van der Waals surface area contributed by atoms with E-state index in [1.54, 1.807) is 24.3 Å². The maximum Gasteiger partial charge on any atom is 0.330 e. The van der Waals surface area contributed by atoms with Gasteiger partial charge in [0.05, 0.1) is 5.92 Å². The minimum atomic E-state index is -1.11. The number of carbonyl (C=O) groups excluding carboxylic acids is 1. The summed E-state index contributed by atoms with van der Waals surface area (Å²) in [5, 5.41) is 15.7. The number of aliphatic carboxylic acids is 1. The predicted octanol–water partition coefficient (Wildman–Crippen LogP) is 1.72. The summed E-state index contributed by atoms with van der Waals surface area (Å²) in [6, 6.07) is 6.16. The van der Waals surface area contributed by atoms with E-state index >= 15 is 0 Å². The summed E-state index contributed by atoms with van der Waals surface area (Å²) in [5.74, 6) is -1.46. The summed E-state index contributed by atoms with van der Waals surface area (Å²) >= 11 is 6.04. The molecule has 1 aromatic rings. The molecule has 0 aromatic heterocycles. The number of amides is 1. The first-order valence-electron chi connectivity index (χ1n) is 7.10. The van der Waals surface area contributed by atoms with Crippen LogP contribution in [-0.2, 0) is 9.59 Å². The van der Waals surface area contributed by atoms with Gasteiger partial charge in [-0.25, -0.2) is 4.79 Å². The molecule has 21 heavy (non-hydrogen) atoms. The van der Waals surface area contributed by atoms with Crippen molar-refractivity contribution in [3.8, 4) is 0 Å². The zero-order chi connectivity index (χ0) is 15.0. The minimum Gasteiger partial charge on any atom is -0.479 e. The Labute approximate surface area is 127 Å². The lowest BCUT2D eigenvalue weighted by atomic mass is 9.88. The first-order chi connectivity index (χ1) is 10.1. The number of nitrogens with one attached hydrogen (secondary N) is 2. The molecule has 0 aliphatic carbocycles. The second-order valence-electron chi connectivity index (χ2n) is 5.69. The summed E-state index contributed by atoms with van der Waals surface area (Å²) in [4.78, 5) is 23.9. The van der Waals surface area contributed by atoms with Crippen LogP contribution in [0, 0.1) is 5.92 Å². The van der Waals surface area contributed by atoms with Crippen molar-refractivity contribution in [1.82, 2.24) is 10.6 Å². The molecule has 2 fully saturated rings. The standard InChI is InChI=1S/C15H17ClN2O3/c16-11-4-2-1-3-9(11)13(15(20)21)18-14(19)10-7-8-5-6-12(10)17-8/h1-4,8,10,12-13,17H,5-7H2,(H,18,19)(H,20,21)/t8?,10?,12?,13-/m1/s1. The normalized spacial score (nSPS) is 28.3. The van der Waals surface area contributed by atoms with E-state index < -0.39 is 12.0 Å². The van der Waals surface area contributed by atoms with Crippen LogP contribution < -0.4 is 10.6 Å². The van der Waals surface area contributed by atoms with Gasteiger partial charge in [0.1, 0.15) is 0 Å². The van der Waals surface area contributed by atoms with Gasteiger partial charge in [0.2, 0.25) is 5.91 Å². The monoisotopic (exact) mass is 308 g/mol. The molecule has 2 aliphatic rings. The quantitative estimate of drug-likeness (QED) is 0.791. The van der Waals surface area contributed by atoms with Crippen LogP contribution in [0.4, 0.5) is 0 Å². The van der Waals surface area contributed by atoms with Gasteiger partial charge >= 0.3 is 5.97 Å². The van der Waals surface area contributed by atoms with Crippen molar-refractivity contribution in [3.05, 3.63) is 34.9 Å². The van der Waals surface area contributed by atoms with Gasteiger partial charge in [-0.3, -0.25) is 4.79 Å². The fourth-order valence-corrected chi connectivity index (χ4v) is 3.59. The number of rotatable bonds is 4. The third kappa shape index (κ3) is 2.76. The number of carbonyl (C=O) groups is 2. The first kappa shape index (κ1) is 14.4. The van der Waals surface area contributed by atoms with E-state index in [0.717, 1.165) is 19.3 Å². The molecule has 0 radical (unpaired) electrons. The van der Waals surface area contributed by atoms with Gasteiger partial charge in [-0.2, -0.15) is 0 Å². The fourth-order valence-electron chi connectivity index (χ4n) is 3.34. The Morgan fingerprint density at radius 1 is 1.33 bits per heavy atom. The Kier molecular flexibility index (Phi) is 3.87. The van der Waals surface area contributed by atoms with E-state index in [4.69, 9.17) is 11.6 Å². The van der Waals surface area contributed by atoms with Crippen LogP contribution in [0.1, 0.15) is 30.9 Å². The lowest BCUT2D eigenvalue weighted by Crippen LogP contribution is -2.41. The van der Waals surface area contributed by atoms with E-state index in [-0.39, 0.29) is 17.9 Å². The molecule has 2 bridgehead atoms. The molecule has 112 valence electrons. The lowest BCUT2D eigenvalue weighted by Gasteiger charge is -2.23. The van der Waals surface area contributed by atoms with Crippen molar-refractivity contribution < 1.29 is 14.7 Å². The molecule has 1 amide bonds. The van der Waals surface area contributed by atoms with Gasteiger partial charge in [-0.15, -0.1) is 0 Å². The first-order valence-corrected chi connectivity index (χ1v) is 7.47. The van der Waals surface area contributed by atoms with Crippen molar-refractivity contribution >= 4 is 23.5 Å². The second-order valence-corrected chi connectivity index (χ2v) is 6.10. The van der Waals surface area contributed by atoms with E-state index in [1.807, 2.05) is 0 Å². The maximum absolute atomic E-state index is 12.4. The highest BCUT2D eigenvalue weighted by Crippen LogP contribution is 2.34. The van der Waals surface area contributed by atoms with Crippen LogP contribution in [0.15, 0.2) is 24.3 Å². The van der Waals surface area contributed by atoms with Crippen LogP contribution in [0.25, 0.3) is 0 Å². The molecule has 4 atom stereocenters. The molecule has 5 nitrogen and oxygen atoms in total. The molecule has 2 heterocycles. The van der Waals surface area contributed by atoms with Crippen LogP contribution in [0.3, 0.4) is 0 Å². The van der Waals surface area contributed by atoms with E-state index in [9.17, 15) is 14.7 Å².